The van der Waals surface area contributed by atoms with Gasteiger partial charge in [-0.3, -0.25) is 10.1 Å². The second kappa shape index (κ2) is 7.62. The lowest BCUT2D eigenvalue weighted by Crippen LogP contribution is -2.31. The van der Waals surface area contributed by atoms with Crippen molar-refractivity contribution in [2.45, 2.75) is 32.4 Å². The largest absolute Gasteiger partial charge is 0.381 e. The summed E-state index contributed by atoms with van der Waals surface area (Å²) in [6.45, 7) is 4.93. The molecule has 1 saturated heterocycles. The smallest absolute Gasteiger partial charge is 0.238 e. The maximum Gasteiger partial charge on any atom is 0.238 e. The predicted octanol–water partition coefficient (Wildman–Crippen LogP) is 2.39. The molecule has 1 amide bonds. The Morgan fingerprint density at radius 3 is 3.05 bits per heavy atom. The summed E-state index contributed by atoms with van der Waals surface area (Å²) in [5.74, 6) is 0.185. The highest BCUT2D eigenvalue weighted by Crippen LogP contribution is 2.24. The van der Waals surface area contributed by atoms with E-state index in [9.17, 15) is 4.79 Å². The van der Waals surface area contributed by atoms with Crippen LogP contribution in [0.1, 0.15) is 37.9 Å². The van der Waals surface area contributed by atoms with Gasteiger partial charge in [-0.05, 0) is 35.2 Å². The molecule has 2 heterocycles. The molecule has 106 valence electrons. The first-order valence-corrected chi connectivity index (χ1v) is 7.90. The van der Waals surface area contributed by atoms with Crippen LogP contribution >= 0.6 is 11.3 Å². The van der Waals surface area contributed by atoms with E-state index in [1.54, 1.807) is 11.3 Å². The Kier molecular flexibility index (Phi) is 5.82. The second-order valence-electron chi connectivity index (χ2n) is 4.75. The topological polar surface area (TPSA) is 41.6 Å². The van der Waals surface area contributed by atoms with Crippen molar-refractivity contribution in [2.75, 3.05) is 26.3 Å². The normalized spacial score (nSPS) is 19.3. The van der Waals surface area contributed by atoms with Crippen molar-refractivity contribution in [3.8, 4) is 0 Å². The average molecular weight is 282 g/mol. The third-order valence-electron chi connectivity index (χ3n) is 3.27. The van der Waals surface area contributed by atoms with Crippen molar-refractivity contribution >= 4 is 17.2 Å². The fraction of sp³-hybridized carbons (Fsp3) is 0.643. The third-order valence-corrected chi connectivity index (χ3v) is 3.97. The molecule has 2 rings (SSSR count). The second-order valence-corrected chi connectivity index (χ2v) is 5.53. The maximum absolute atomic E-state index is 11.9. The van der Waals surface area contributed by atoms with E-state index in [1.807, 2.05) is 10.3 Å². The van der Waals surface area contributed by atoms with Crippen molar-refractivity contribution in [1.29, 1.82) is 0 Å². The van der Waals surface area contributed by atoms with Gasteiger partial charge in [-0.25, -0.2) is 0 Å². The lowest BCUT2D eigenvalue weighted by Gasteiger charge is -2.23. The summed E-state index contributed by atoms with van der Waals surface area (Å²) in [6, 6.07) is 2.08. The minimum atomic E-state index is 0.0504. The zero-order valence-corrected chi connectivity index (χ0v) is 12.2. The molecule has 1 aromatic heterocycles. The monoisotopic (exact) mass is 282 g/mol. The number of nitrogens with zero attached hydrogens (tertiary/aromatic N) is 1. The molecule has 19 heavy (non-hydrogen) atoms. The number of carbonyl (C=O) groups excluding carboxylic acids is 1. The molecule has 1 N–H and O–H groups in total. The Labute approximate surface area is 118 Å². The predicted molar refractivity (Wildman–Crippen MR) is 77.1 cm³/mol. The van der Waals surface area contributed by atoms with Gasteiger partial charge in [0.1, 0.15) is 6.17 Å². The number of amides is 1. The molecular formula is C14H22N2O2S. The molecule has 4 nitrogen and oxygen atoms in total. The Morgan fingerprint density at radius 2 is 2.32 bits per heavy atom. The molecule has 0 spiro atoms. The molecular weight excluding hydrogens is 260 g/mol. The highest BCUT2D eigenvalue weighted by molar-refractivity contribution is 7.07. The van der Waals surface area contributed by atoms with E-state index in [2.05, 4.69) is 23.7 Å². The molecule has 1 atom stereocenters. The van der Waals surface area contributed by atoms with Crippen LogP contribution in [0.5, 0.6) is 0 Å². The number of nitrogens with one attached hydrogen (secondary N) is 1. The number of rotatable bonds is 8. The van der Waals surface area contributed by atoms with Crippen molar-refractivity contribution < 1.29 is 9.53 Å². The number of ether oxygens (including phenoxy) is 1. The summed E-state index contributed by atoms with van der Waals surface area (Å²) in [5.41, 5.74) is 1.18. The van der Waals surface area contributed by atoms with E-state index in [0.29, 0.717) is 6.54 Å². The number of hydrogen-bond donors (Lipinski definition) is 1. The molecule has 1 aliphatic heterocycles. The third kappa shape index (κ3) is 4.03. The van der Waals surface area contributed by atoms with E-state index >= 15 is 0 Å². The molecule has 0 saturated carbocycles. The zero-order chi connectivity index (χ0) is 13.5. The van der Waals surface area contributed by atoms with E-state index in [0.717, 1.165) is 39.0 Å². The van der Waals surface area contributed by atoms with Crippen molar-refractivity contribution in [3.05, 3.63) is 22.4 Å². The van der Waals surface area contributed by atoms with Gasteiger partial charge < -0.3 is 9.64 Å². The number of hydrogen-bond acceptors (Lipinski definition) is 4. The number of unbranched alkanes of at least 4 members (excludes halogenated alkanes) is 1. The van der Waals surface area contributed by atoms with Crippen LogP contribution in [0.3, 0.4) is 0 Å². The number of carbonyl (C=O) groups is 1. The molecule has 1 fully saturated rings. The molecule has 0 aliphatic carbocycles. The molecule has 0 bridgehead atoms. The number of thiophene rings is 1. The van der Waals surface area contributed by atoms with Crippen LogP contribution in [-0.4, -0.2) is 37.1 Å². The molecule has 0 radical (unpaired) electrons. The first-order chi connectivity index (χ1) is 9.33. The van der Waals surface area contributed by atoms with Crippen LogP contribution in [0.25, 0.3) is 0 Å². The Hall–Kier alpha value is -0.910. The average Bonchev–Trinajstić information content (AvgIpc) is 3.04. The first kappa shape index (κ1) is 14.5. The van der Waals surface area contributed by atoms with Gasteiger partial charge in [-0.1, -0.05) is 13.3 Å². The quantitative estimate of drug-likeness (QED) is 0.744. The standard InChI is InChI=1S/C14H22N2O2S/c1-2-3-7-18-8-4-6-16-13(17)10-15-14(16)12-5-9-19-11-12/h5,9,11,14-15H,2-4,6-8,10H2,1H3. The fourth-order valence-electron chi connectivity index (χ4n) is 2.21. The molecule has 0 aromatic carbocycles. The van der Waals surface area contributed by atoms with Crippen LogP contribution in [0.4, 0.5) is 0 Å². The van der Waals surface area contributed by atoms with Crippen LogP contribution < -0.4 is 5.32 Å². The van der Waals surface area contributed by atoms with Gasteiger partial charge in [0.15, 0.2) is 0 Å². The van der Waals surface area contributed by atoms with Gasteiger partial charge in [0, 0.05) is 19.8 Å². The van der Waals surface area contributed by atoms with Gasteiger partial charge >= 0.3 is 0 Å². The van der Waals surface area contributed by atoms with Crippen molar-refractivity contribution in [2.24, 2.45) is 0 Å². The highest BCUT2D eigenvalue weighted by Gasteiger charge is 2.30. The summed E-state index contributed by atoms with van der Waals surface area (Å²) < 4.78 is 5.54. The van der Waals surface area contributed by atoms with Gasteiger partial charge in [0.05, 0.1) is 6.54 Å². The summed E-state index contributed by atoms with van der Waals surface area (Å²) >= 11 is 1.66. The van der Waals surface area contributed by atoms with E-state index in [-0.39, 0.29) is 12.1 Å². The summed E-state index contributed by atoms with van der Waals surface area (Å²) in [4.78, 5) is 13.8. The zero-order valence-electron chi connectivity index (χ0n) is 11.4. The van der Waals surface area contributed by atoms with Gasteiger partial charge in [0.2, 0.25) is 5.91 Å². The lowest BCUT2D eigenvalue weighted by molar-refractivity contribution is -0.128. The highest BCUT2D eigenvalue weighted by atomic mass is 32.1. The minimum Gasteiger partial charge on any atom is -0.381 e. The molecule has 1 aromatic rings. The first-order valence-electron chi connectivity index (χ1n) is 6.95. The van der Waals surface area contributed by atoms with Crippen LogP contribution in [0.2, 0.25) is 0 Å². The maximum atomic E-state index is 11.9. The van der Waals surface area contributed by atoms with Gasteiger partial charge in [-0.2, -0.15) is 11.3 Å². The van der Waals surface area contributed by atoms with Crippen LogP contribution in [0.15, 0.2) is 16.8 Å². The van der Waals surface area contributed by atoms with Crippen LogP contribution in [0, 0.1) is 0 Å². The molecule has 5 heteroatoms. The van der Waals surface area contributed by atoms with Gasteiger partial charge in [0.25, 0.3) is 0 Å². The Balaban J connectivity index is 1.75. The lowest BCUT2D eigenvalue weighted by atomic mass is 10.2. The summed E-state index contributed by atoms with van der Waals surface area (Å²) in [7, 11) is 0. The fourth-order valence-corrected chi connectivity index (χ4v) is 2.89. The van der Waals surface area contributed by atoms with Gasteiger partial charge in [-0.15, -0.1) is 0 Å². The molecule has 1 unspecified atom stereocenters. The summed E-state index contributed by atoms with van der Waals surface area (Å²) in [6.07, 6.45) is 3.23. The Bertz CT molecular complexity index is 381. The van der Waals surface area contributed by atoms with E-state index in [4.69, 9.17) is 4.74 Å². The van der Waals surface area contributed by atoms with E-state index in [1.165, 1.54) is 5.56 Å². The van der Waals surface area contributed by atoms with Crippen molar-refractivity contribution in [1.82, 2.24) is 10.2 Å². The SMILES string of the molecule is CCCCOCCCN1C(=O)CNC1c1ccsc1. The van der Waals surface area contributed by atoms with E-state index < -0.39 is 0 Å². The van der Waals surface area contributed by atoms with Crippen LogP contribution in [-0.2, 0) is 9.53 Å². The summed E-state index contributed by atoms with van der Waals surface area (Å²) in [5, 5.41) is 7.41. The van der Waals surface area contributed by atoms with Crippen molar-refractivity contribution in [3.63, 3.8) is 0 Å². The minimum absolute atomic E-state index is 0.0504. The Morgan fingerprint density at radius 1 is 1.47 bits per heavy atom. The molecule has 1 aliphatic rings.